The maximum atomic E-state index is 4.33. The maximum Gasteiger partial charge on any atom is -0.0116 e. The number of hydrogen-bond donors (Lipinski definition) is 0. The van der Waals surface area contributed by atoms with Crippen molar-refractivity contribution < 1.29 is 0 Å². The van der Waals surface area contributed by atoms with Gasteiger partial charge in [-0.25, -0.2) is 0 Å². The van der Waals surface area contributed by atoms with E-state index < -0.39 is 0 Å². The van der Waals surface area contributed by atoms with E-state index in [1.54, 1.807) is 0 Å². The lowest BCUT2D eigenvalue weighted by molar-refractivity contribution is 0.160. The van der Waals surface area contributed by atoms with E-state index in [9.17, 15) is 0 Å². The summed E-state index contributed by atoms with van der Waals surface area (Å²) >= 11 is 0. The zero-order valence-corrected chi connectivity index (χ0v) is 9.48. The average Bonchev–Trinajstić information content (AvgIpc) is 2.51. The molecule has 2 rings (SSSR count). The third-order valence-corrected chi connectivity index (χ3v) is 5.15. The Bertz CT molecular complexity index is 249. The van der Waals surface area contributed by atoms with Crippen LogP contribution in [-0.2, 0) is 0 Å². The normalized spacial score (nSPS) is 47.2. The highest BCUT2D eigenvalue weighted by Crippen LogP contribution is 2.66. The van der Waals surface area contributed by atoms with Crippen LogP contribution in [0.1, 0.15) is 47.0 Å². The first kappa shape index (κ1) is 9.30. The Balaban J connectivity index is 2.32. The summed E-state index contributed by atoms with van der Waals surface area (Å²) in [5.74, 6) is 1.73. The SMILES string of the molecule is C=C1C2CC(CC2(C)CC)C1(C)C. The number of fused-ring (bicyclic) bond motifs is 2. The van der Waals surface area contributed by atoms with Crippen molar-refractivity contribution in [2.75, 3.05) is 0 Å². The van der Waals surface area contributed by atoms with Crippen LogP contribution in [0.2, 0.25) is 0 Å². The topological polar surface area (TPSA) is 0 Å². The van der Waals surface area contributed by atoms with Crippen molar-refractivity contribution in [3.05, 3.63) is 12.2 Å². The minimum atomic E-state index is 0.430. The quantitative estimate of drug-likeness (QED) is 0.532. The molecule has 0 saturated heterocycles. The van der Waals surface area contributed by atoms with Gasteiger partial charge in [0, 0.05) is 0 Å². The van der Waals surface area contributed by atoms with Crippen LogP contribution in [0.25, 0.3) is 0 Å². The zero-order chi connectivity index (χ0) is 9.85. The van der Waals surface area contributed by atoms with Crippen LogP contribution in [0.5, 0.6) is 0 Å². The van der Waals surface area contributed by atoms with Gasteiger partial charge in [0.15, 0.2) is 0 Å². The Kier molecular flexibility index (Phi) is 1.72. The summed E-state index contributed by atoms with van der Waals surface area (Å²) in [4.78, 5) is 0. The van der Waals surface area contributed by atoms with Crippen molar-refractivity contribution in [3.8, 4) is 0 Å². The minimum Gasteiger partial charge on any atom is -0.0990 e. The van der Waals surface area contributed by atoms with Gasteiger partial charge >= 0.3 is 0 Å². The van der Waals surface area contributed by atoms with Crippen LogP contribution in [0, 0.1) is 22.7 Å². The summed E-state index contributed by atoms with van der Waals surface area (Å²) < 4.78 is 0. The van der Waals surface area contributed by atoms with E-state index in [0.717, 1.165) is 11.8 Å². The predicted molar refractivity (Wildman–Crippen MR) is 57.5 cm³/mol. The lowest BCUT2D eigenvalue weighted by atomic mass is 9.63. The number of hydrogen-bond acceptors (Lipinski definition) is 0. The molecule has 0 heteroatoms. The molecule has 0 aromatic heterocycles. The molecule has 0 radical (unpaired) electrons. The molecule has 13 heavy (non-hydrogen) atoms. The minimum absolute atomic E-state index is 0.430. The molecule has 2 bridgehead atoms. The van der Waals surface area contributed by atoms with Crippen molar-refractivity contribution in [2.45, 2.75) is 47.0 Å². The first-order valence-corrected chi connectivity index (χ1v) is 5.61. The molecule has 0 heterocycles. The third-order valence-electron chi connectivity index (χ3n) is 5.15. The highest BCUT2D eigenvalue weighted by atomic mass is 14.6. The smallest absolute Gasteiger partial charge is 0.0116 e. The molecule has 0 amide bonds. The molecule has 0 aromatic carbocycles. The van der Waals surface area contributed by atoms with Crippen LogP contribution < -0.4 is 0 Å². The van der Waals surface area contributed by atoms with Crippen LogP contribution in [0.4, 0.5) is 0 Å². The van der Waals surface area contributed by atoms with Crippen LogP contribution in [0.3, 0.4) is 0 Å². The van der Waals surface area contributed by atoms with Gasteiger partial charge in [0.05, 0.1) is 0 Å². The van der Waals surface area contributed by atoms with Gasteiger partial charge in [-0.15, -0.1) is 0 Å². The van der Waals surface area contributed by atoms with Gasteiger partial charge in [-0.05, 0) is 35.5 Å². The van der Waals surface area contributed by atoms with E-state index in [-0.39, 0.29) is 0 Å². The van der Waals surface area contributed by atoms with Gasteiger partial charge in [0.1, 0.15) is 0 Å². The summed E-state index contributed by atoms with van der Waals surface area (Å²) in [5, 5.41) is 0. The Morgan fingerprint density at radius 1 is 1.38 bits per heavy atom. The van der Waals surface area contributed by atoms with Gasteiger partial charge in [-0.2, -0.15) is 0 Å². The van der Waals surface area contributed by atoms with Gasteiger partial charge in [0.25, 0.3) is 0 Å². The Morgan fingerprint density at radius 3 is 2.38 bits per heavy atom. The molecule has 3 atom stereocenters. The van der Waals surface area contributed by atoms with Crippen LogP contribution in [-0.4, -0.2) is 0 Å². The van der Waals surface area contributed by atoms with Crippen LogP contribution >= 0.6 is 0 Å². The Morgan fingerprint density at radius 2 is 2.00 bits per heavy atom. The van der Waals surface area contributed by atoms with E-state index >= 15 is 0 Å². The maximum absolute atomic E-state index is 4.33. The fourth-order valence-corrected chi connectivity index (χ4v) is 3.57. The molecule has 0 aliphatic heterocycles. The van der Waals surface area contributed by atoms with Gasteiger partial charge < -0.3 is 0 Å². The summed E-state index contributed by atoms with van der Waals surface area (Å²) in [6.45, 7) is 13.9. The van der Waals surface area contributed by atoms with E-state index in [1.165, 1.54) is 24.8 Å². The van der Waals surface area contributed by atoms with Crippen molar-refractivity contribution in [2.24, 2.45) is 22.7 Å². The first-order chi connectivity index (χ1) is 5.92. The van der Waals surface area contributed by atoms with E-state index in [1.807, 2.05) is 0 Å². The predicted octanol–water partition coefficient (Wildman–Crippen LogP) is 4.02. The standard InChI is InChI=1S/C13H22/c1-6-13(5)8-10-7-11(13)9(2)12(10,3)4/h10-11H,2,6-8H2,1,3-5H3. The summed E-state index contributed by atoms with van der Waals surface area (Å²) in [6.07, 6.45) is 4.17. The monoisotopic (exact) mass is 178 g/mol. The molecular weight excluding hydrogens is 156 g/mol. The Labute approximate surface area is 82.4 Å². The Hall–Kier alpha value is -0.260. The second-order valence-corrected chi connectivity index (χ2v) is 5.94. The highest BCUT2D eigenvalue weighted by molar-refractivity contribution is 5.27. The molecule has 2 fully saturated rings. The second-order valence-electron chi connectivity index (χ2n) is 5.94. The molecule has 0 aromatic rings. The van der Waals surface area contributed by atoms with Gasteiger partial charge in [-0.3, -0.25) is 0 Å². The van der Waals surface area contributed by atoms with Crippen LogP contribution in [0.15, 0.2) is 12.2 Å². The molecule has 2 aliphatic carbocycles. The highest BCUT2D eigenvalue weighted by Gasteiger charge is 2.56. The molecular formula is C13H22. The van der Waals surface area contributed by atoms with E-state index in [2.05, 4.69) is 34.3 Å². The molecule has 0 N–H and O–H groups in total. The van der Waals surface area contributed by atoms with Gasteiger partial charge in [-0.1, -0.05) is 46.3 Å². The molecule has 3 unspecified atom stereocenters. The number of allylic oxidation sites excluding steroid dienone is 1. The lowest BCUT2D eigenvalue weighted by Gasteiger charge is -2.42. The van der Waals surface area contributed by atoms with Crippen molar-refractivity contribution in [1.82, 2.24) is 0 Å². The summed E-state index contributed by atoms with van der Waals surface area (Å²) in [6, 6.07) is 0. The largest absolute Gasteiger partial charge is 0.0990 e. The lowest BCUT2D eigenvalue weighted by Crippen LogP contribution is -2.33. The van der Waals surface area contributed by atoms with E-state index in [0.29, 0.717) is 10.8 Å². The molecule has 74 valence electrons. The fraction of sp³-hybridized carbons (Fsp3) is 0.846. The van der Waals surface area contributed by atoms with Crippen molar-refractivity contribution in [1.29, 1.82) is 0 Å². The van der Waals surface area contributed by atoms with Crippen molar-refractivity contribution >= 4 is 0 Å². The fourth-order valence-electron chi connectivity index (χ4n) is 3.57. The summed E-state index contributed by atoms with van der Waals surface area (Å²) in [7, 11) is 0. The molecule has 2 saturated carbocycles. The van der Waals surface area contributed by atoms with Crippen molar-refractivity contribution in [3.63, 3.8) is 0 Å². The average molecular weight is 178 g/mol. The summed E-state index contributed by atoms with van der Waals surface area (Å²) in [5.41, 5.74) is 2.55. The second kappa shape index (κ2) is 2.40. The number of rotatable bonds is 1. The third kappa shape index (κ3) is 0.978. The molecule has 2 aliphatic rings. The molecule has 0 spiro atoms. The van der Waals surface area contributed by atoms with Gasteiger partial charge in [0.2, 0.25) is 0 Å². The molecule has 0 nitrogen and oxygen atoms in total. The van der Waals surface area contributed by atoms with E-state index in [4.69, 9.17) is 0 Å². The zero-order valence-electron chi connectivity index (χ0n) is 9.48. The first-order valence-electron chi connectivity index (χ1n) is 5.61.